The fraction of sp³-hybridized carbons (Fsp3) is 0.455. The molecular weight excluding hydrogens is 192 g/mol. The van der Waals surface area contributed by atoms with E-state index < -0.39 is 6.10 Å². The first-order chi connectivity index (χ1) is 7.09. The number of nitrogens with zero attached hydrogens (tertiary/aromatic N) is 1. The molecule has 1 heterocycles. The zero-order valence-corrected chi connectivity index (χ0v) is 9.03. The number of aromatic nitrogens is 1. The minimum atomic E-state index is -0.515. The minimum Gasteiger partial charge on any atom is -0.392 e. The second-order valence-electron chi connectivity index (χ2n) is 3.60. The van der Waals surface area contributed by atoms with Crippen LogP contribution in [0.15, 0.2) is 18.3 Å². The molecule has 15 heavy (non-hydrogen) atoms. The lowest BCUT2D eigenvalue weighted by atomic mass is 10.1. The molecule has 0 aliphatic rings. The highest BCUT2D eigenvalue weighted by molar-refractivity contribution is 5.78. The molecule has 0 aromatic carbocycles. The van der Waals surface area contributed by atoms with Gasteiger partial charge >= 0.3 is 0 Å². The van der Waals surface area contributed by atoms with E-state index in [0.29, 0.717) is 0 Å². The van der Waals surface area contributed by atoms with Crippen LogP contribution in [0.4, 0.5) is 0 Å². The van der Waals surface area contributed by atoms with E-state index >= 15 is 0 Å². The largest absolute Gasteiger partial charge is 0.392 e. The molecule has 1 aromatic rings. The van der Waals surface area contributed by atoms with E-state index in [4.69, 9.17) is 5.11 Å². The highest BCUT2D eigenvalue weighted by Gasteiger charge is 2.06. The van der Waals surface area contributed by atoms with Crippen molar-refractivity contribution in [2.75, 3.05) is 6.54 Å². The lowest BCUT2D eigenvalue weighted by molar-refractivity contribution is -0.120. The summed E-state index contributed by atoms with van der Waals surface area (Å²) >= 11 is 0. The van der Waals surface area contributed by atoms with E-state index in [0.717, 1.165) is 11.3 Å². The standard InChI is InChI=1S/C11H16N2O2/c1-8-4-3-5-12-10(8)6-11(15)13-7-9(2)14/h3-5,9,14H,6-7H2,1-2H3,(H,13,15)/t9-/m0/s1. The quantitative estimate of drug-likeness (QED) is 0.754. The molecule has 0 aliphatic heterocycles. The van der Waals surface area contributed by atoms with Gasteiger partial charge in [-0.15, -0.1) is 0 Å². The van der Waals surface area contributed by atoms with Crippen LogP contribution < -0.4 is 5.32 Å². The van der Waals surface area contributed by atoms with Gasteiger partial charge in [-0.2, -0.15) is 0 Å². The fourth-order valence-electron chi connectivity index (χ4n) is 1.18. The summed E-state index contributed by atoms with van der Waals surface area (Å²) in [4.78, 5) is 15.5. The van der Waals surface area contributed by atoms with Crippen LogP contribution in [0, 0.1) is 6.92 Å². The number of nitrogens with one attached hydrogen (secondary N) is 1. The molecule has 1 rings (SSSR count). The molecule has 1 amide bonds. The summed E-state index contributed by atoms with van der Waals surface area (Å²) in [7, 11) is 0. The molecule has 82 valence electrons. The van der Waals surface area contributed by atoms with Crippen molar-refractivity contribution in [3.8, 4) is 0 Å². The number of carbonyl (C=O) groups excluding carboxylic acids is 1. The van der Waals surface area contributed by atoms with E-state index in [1.807, 2.05) is 19.1 Å². The third-order valence-electron chi connectivity index (χ3n) is 2.04. The Morgan fingerprint density at radius 2 is 2.40 bits per heavy atom. The second kappa shape index (κ2) is 5.46. The highest BCUT2D eigenvalue weighted by Crippen LogP contribution is 2.03. The van der Waals surface area contributed by atoms with Gasteiger partial charge in [-0.1, -0.05) is 6.07 Å². The lowest BCUT2D eigenvalue weighted by Crippen LogP contribution is -2.32. The molecule has 0 unspecified atom stereocenters. The van der Waals surface area contributed by atoms with E-state index in [2.05, 4.69) is 10.3 Å². The van der Waals surface area contributed by atoms with Crippen molar-refractivity contribution in [3.05, 3.63) is 29.6 Å². The number of aliphatic hydroxyl groups excluding tert-OH is 1. The first kappa shape index (κ1) is 11.7. The van der Waals surface area contributed by atoms with Crippen molar-refractivity contribution in [3.63, 3.8) is 0 Å². The average molecular weight is 208 g/mol. The van der Waals surface area contributed by atoms with Crippen molar-refractivity contribution < 1.29 is 9.90 Å². The van der Waals surface area contributed by atoms with Crippen LogP contribution >= 0.6 is 0 Å². The summed E-state index contributed by atoms with van der Waals surface area (Å²) < 4.78 is 0. The summed E-state index contributed by atoms with van der Waals surface area (Å²) in [5.41, 5.74) is 1.78. The zero-order valence-electron chi connectivity index (χ0n) is 9.03. The SMILES string of the molecule is Cc1cccnc1CC(=O)NC[C@H](C)O. The first-order valence-electron chi connectivity index (χ1n) is 4.95. The minimum absolute atomic E-state index is 0.113. The smallest absolute Gasteiger partial charge is 0.226 e. The summed E-state index contributed by atoms with van der Waals surface area (Å²) in [6, 6.07) is 3.76. The van der Waals surface area contributed by atoms with Crippen molar-refractivity contribution in [1.82, 2.24) is 10.3 Å². The van der Waals surface area contributed by atoms with E-state index in [9.17, 15) is 4.79 Å². The monoisotopic (exact) mass is 208 g/mol. The molecule has 4 heteroatoms. The number of hydrogen-bond donors (Lipinski definition) is 2. The summed E-state index contributed by atoms with van der Waals surface area (Å²) in [5, 5.41) is 11.6. The Labute approximate surface area is 89.3 Å². The van der Waals surface area contributed by atoms with Crippen molar-refractivity contribution >= 4 is 5.91 Å². The van der Waals surface area contributed by atoms with Gasteiger partial charge in [0.15, 0.2) is 0 Å². The Morgan fingerprint density at radius 1 is 1.67 bits per heavy atom. The molecular formula is C11H16N2O2. The highest BCUT2D eigenvalue weighted by atomic mass is 16.3. The topological polar surface area (TPSA) is 62.2 Å². The number of rotatable bonds is 4. The molecule has 2 N–H and O–H groups in total. The molecule has 0 saturated carbocycles. The Hall–Kier alpha value is -1.42. The van der Waals surface area contributed by atoms with E-state index in [1.54, 1.807) is 13.1 Å². The third-order valence-corrected chi connectivity index (χ3v) is 2.04. The lowest BCUT2D eigenvalue weighted by Gasteiger charge is -2.07. The Bertz CT molecular complexity index is 337. The number of aryl methyl sites for hydroxylation is 1. The second-order valence-corrected chi connectivity index (χ2v) is 3.60. The molecule has 0 fully saturated rings. The maximum absolute atomic E-state index is 11.4. The molecule has 0 saturated heterocycles. The first-order valence-corrected chi connectivity index (χ1v) is 4.95. The number of hydrogen-bond acceptors (Lipinski definition) is 3. The molecule has 4 nitrogen and oxygen atoms in total. The van der Waals surface area contributed by atoms with Crippen LogP contribution in [-0.2, 0) is 11.2 Å². The molecule has 0 bridgehead atoms. The Kier molecular flexibility index (Phi) is 4.24. The van der Waals surface area contributed by atoms with Gasteiger partial charge in [-0.3, -0.25) is 9.78 Å². The van der Waals surface area contributed by atoms with Gasteiger partial charge in [-0.05, 0) is 25.5 Å². The normalized spacial score (nSPS) is 12.2. The molecule has 0 spiro atoms. The molecule has 1 atom stereocenters. The van der Waals surface area contributed by atoms with Crippen LogP contribution in [0.5, 0.6) is 0 Å². The summed E-state index contributed by atoms with van der Waals surface area (Å²) in [5.74, 6) is -0.113. The van der Waals surface area contributed by atoms with Crippen LogP contribution in [0.3, 0.4) is 0 Å². The molecule has 1 aromatic heterocycles. The number of carbonyl (C=O) groups is 1. The third kappa shape index (κ3) is 4.08. The molecule has 0 aliphatic carbocycles. The van der Waals surface area contributed by atoms with Gasteiger partial charge in [0.25, 0.3) is 0 Å². The summed E-state index contributed by atoms with van der Waals surface area (Å²) in [6.07, 6.45) is 1.42. The van der Waals surface area contributed by atoms with Gasteiger partial charge in [0, 0.05) is 12.7 Å². The number of aliphatic hydroxyl groups is 1. The van der Waals surface area contributed by atoms with Gasteiger partial charge in [-0.25, -0.2) is 0 Å². The number of amides is 1. The van der Waals surface area contributed by atoms with Crippen molar-refractivity contribution in [1.29, 1.82) is 0 Å². The predicted octanol–water partition coefficient (Wildman–Crippen LogP) is 0.430. The van der Waals surface area contributed by atoms with E-state index in [1.165, 1.54) is 0 Å². The average Bonchev–Trinajstić information content (AvgIpc) is 2.18. The van der Waals surface area contributed by atoms with Crippen LogP contribution in [0.25, 0.3) is 0 Å². The van der Waals surface area contributed by atoms with Gasteiger partial charge in [0.1, 0.15) is 0 Å². The van der Waals surface area contributed by atoms with Gasteiger partial charge < -0.3 is 10.4 Å². The summed E-state index contributed by atoms with van der Waals surface area (Å²) in [6.45, 7) is 3.83. The maximum atomic E-state index is 11.4. The zero-order chi connectivity index (χ0) is 11.3. The van der Waals surface area contributed by atoms with Gasteiger partial charge in [0.05, 0.1) is 18.2 Å². The van der Waals surface area contributed by atoms with Crippen molar-refractivity contribution in [2.45, 2.75) is 26.4 Å². The predicted molar refractivity (Wildman–Crippen MR) is 57.4 cm³/mol. The maximum Gasteiger partial charge on any atom is 0.226 e. The Morgan fingerprint density at radius 3 is 3.00 bits per heavy atom. The van der Waals surface area contributed by atoms with Gasteiger partial charge in [0.2, 0.25) is 5.91 Å². The van der Waals surface area contributed by atoms with E-state index in [-0.39, 0.29) is 18.9 Å². The van der Waals surface area contributed by atoms with Crippen LogP contribution in [0.1, 0.15) is 18.2 Å². The molecule has 0 radical (unpaired) electrons. The van der Waals surface area contributed by atoms with Crippen LogP contribution in [-0.4, -0.2) is 28.6 Å². The van der Waals surface area contributed by atoms with Crippen LogP contribution in [0.2, 0.25) is 0 Å². The fourth-order valence-corrected chi connectivity index (χ4v) is 1.18. The Balaban J connectivity index is 2.48. The number of pyridine rings is 1. The van der Waals surface area contributed by atoms with Crippen molar-refractivity contribution in [2.24, 2.45) is 0 Å².